The van der Waals surface area contributed by atoms with E-state index in [1.807, 2.05) is 0 Å². The van der Waals surface area contributed by atoms with Crippen LogP contribution in [0.1, 0.15) is 9.61 Å². The summed E-state index contributed by atoms with van der Waals surface area (Å²) in [5, 5.41) is 10.9. The number of nitro groups is 1. The minimum absolute atomic E-state index is 0.343. The molecule has 5 heteroatoms. The second-order valence-corrected chi connectivity index (χ2v) is 3.79. The van der Waals surface area contributed by atoms with Crippen molar-refractivity contribution in [3.8, 4) is 0 Å². The highest BCUT2D eigenvalue weighted by atomic mass is 127. The lowest BCUT2D eigenvalue weighted by atomic mass is 10.2. The average molecular weight is 297 g/mol. The van der Waals surface area contributed by atoms with Gasteiger partial charge in [-0.3, -0.25) is 10.1 Å². The molecule has 0 radical (unpaired) electrons. The van der Waals surface area contributed by atoms with Crippen LogP contribution in [0.2, 0.25) is 5.02 Å². The zero-order valence-electron chi connectivity index (χ0n) is 5.91. The number of rotatable bonds is 2. The predicted molar refractivity (Wildman–Crippen MR) is 55.2 cm³/mol. The third-order valence-corrected chi connectivity index (χ3v) is 2.76. The third-order valence-electron chi connectivity index (χ3n) is 1.33. The first-order valence-corrected chi connectivity index (χ1v) is 4.76. The molecule has 0 heterocycles. The van der Waals surface area contributed by atoms with Gasteiger partial charge in [-0.25, -0.2) is 0 Å². The number of nitrogens with zero attached hydrogens (tertiary/aromatic N) is 1. The van der Waals surface area contributed by atoms with Gasteiger partial charge >= 0.3 is 0 Å². The van der Waals surface area contributed by atoms with Gasteiger partial charge in [-0.1, -0.05) is 11.6 Å². The Morgan fingerprint density at radius 1 is 1.42 bits per heavy atom. The predicted octanol–water partition coefficient (Wildman–Crippen LogP) is 3.05. The molecule has 0 spiro atoms. The maximum Gasteiger partial charge on any atom is 0.285 e. The van der Waals surface area contributed by atoms with E-state index in [1.54, 1.807) is 46.9 Å². The molecule has 0 aliphatic heterocycles. The van der Waals surface area contributed by atoms with Crippen LogP contribution in [0.15, 0.2) is 24.3 Å². The highest BCUT2D eigenvalue weighted by Crippen LogP contribution is 2.24. The summed E-state index contributed by atoms with van der Waals surface area (Å²) in [7, 11) is 0. The van der Waals surface area contributed by atoms with Gasteiger partial charge in [0.15, 0.2) is 0 Å². The van der Waals surface area contributed by atoms with Crippen molar-refractivity contribution < 1.29 is 4.92 Å². The van der Waals surface area contributed by atoms with E-state index in [0.29, 0.717) is 10.6 Å². The maximum atomic E-state index is 10.3. The first-order chi connectivity index (χ1) is 5.61. The molecule has 0 aliphatic rings. The SMILES string of the molecule is O=[N+]([O-])C(I)c1ccc(Cl)cc1. The topological polar surface area (TPSA) is 43.1 Å². The zero-order valence-corrected chi connectivity index (χ0v) is 8.82. The molecule has 1 aromatic carbocycles. The summed E-state index contributed by atoms with van der Waals surface area (Å²) >= 11 is 7.39. The van der Waals surface area contributed by atoms with Crippen molar-refractivity contribution in [2.45, 2.75) is 4.05 Å². The Morgan fingerprint density at radius 2 is 1.92 bits per heavy atom. The van der Waals surface area contributed by atoms with Crippen molar-refractivity contribution in [1.29, 1.82) is 0 Å². The van der Waals surface area contributed by atoms with E-state index in [4.69, 9.17) is 11.6 Å². The Bertz CT molecular complexity index is 288. The van der Waals surface area contributed by atoms with Gasteiger partial charge < -0.3 is 0 Å². The first-order valence-electron chi connectivity index (χ1n) is 3.14. The van der Waals surface area contributed by atoms with Crippen molar-refractivity contribution in [3.05, 3.63) is 45.0 Å². The Balaban J connectivity index is 2.89. The molecule has 1 rings (SSSR count). The highest BCUT2D eigenvalue weighted by molar-refractivity contribution is 14.1. The number of halogens is 2. The van der Waals surface area contributed by atoms with E-state index in [2.05, 4.69) is 0 Å². The monoisotopic (exact) mass is 297 g/mol. The lowest BCUT2D eigenvalue weighted by Crippen LogP contribution is -2.01. The number of hydrogen-bond donors (Lipinski definition) is 0. The lowest BCUT2D eigenvalue weighted by molar-refractivity contribution is -0.494. The van der Waals surface area contributed by atoms with Crippen LogP contribution in [0.25, 0.3) is 0 Å². The summed E-state index contributed by atoms with van der Waals surface area (Å²) in [6.07, 6.45) is 0. The normalized spacial score (nSPS) is 12.5. The fourth-order valence-corrected chi connectivity index (χ4v) is 1.28. The number of alkyl halides is 1. The fraction of sp³-hybridized carbons (Fsp3) is 0.143. The minimum Gasteiger partial charge on any atom is -0.263 e. The van der Waals surface area contributed by atoms with Gasteiger partial charge in [0.25, 0.3) is 4.05 Å². The average Bonchev–Trinajstić information content (AvgIpc) is 2.04. The highest BCUT2D eigenvalue weighted by Gasteiger charge is 2.16. The van der Waals surface area contributed by atoms with Crippen molar-refractivity contribution in [2.75, 3.05) is 0 Å². The Labute approximate surface area is 88.0 Å². The van der Waals surface area contributed by atoms with Crippen LogP contribution in [-0.2, 0) is 0 Å². The molecule has 0 aromatic heterocycles. The summed E-state index contributed by atoms with van der Waals surface area (Å²) in [6, 6.07) is 6.60. The van der Waals surface area contributed by atoms with Gasteiger partial charge in [0.2, 0.25) is 0 Å². The molecule has 0 N–H and O–H groups in total. The molecule has 3 nitrogen and oxygen atoms in total. The van der Waals surface area contributed by atoms with Crippen LogP contribution in [0, 0.1) is 10.1 Å². The molecule has 0 fully saturated rings. The Morgan fingerprint density at radius 3 is 2.33 bits per heavy atom. The van der Waals surface area contributed by atoms with Crippen LogP contribution in [0.3, 0.4) is 0 Å². The van der Waals surface area contributed by atoms with Gasteiger partial charge in [0.1, 0.15) is 0 Å². The second kappa shape index (κ2) is 4.04. The van der Waals surface area contributed by atoms with E-state index in [1.165, 1.54) is 0 Å². The fourth-order valence-electron chi connectivity index (χ4n) is 0.743. The molecule has 64 valence electrons. The summed E-state index contributed by atoms with van der Waals surface area (Å²) in [4.78, 5) is 10.0. The summed E-state index contributed by atoms with van der Waals surface area (Å²) in [6.45, 7) is 0. The van der Waals surface area contributed by atoms with Gasteiger partial charge in [-0.15, -0.1) is 0 Å². The van der Waals surface area contributed by atoms with Crippen LogP contribution in [0.5, 0.6) is 0 Å². The third kappa shape index (κ3) is 2.31. The molecule has 0 aliphatic carbocycles. The summed E-state index contributed by atoms with van der Waals surface area (Å²) in [5.41, 5.74) is 0.657. The second-order valence-electron chi connectivity index (χ2n) is 2.17. The quantitative estimate of drug-likeness (QED) is 0.277. The van der Waals surface area contributed by atoms with Crippen molar-refractivity contribution in [3.63, 3.8) is 0 Å². The van der Waals surface area contributed by atoms with Crippen molar-refractivity contribution in [1.82, 2.24) is 0 Å². The Kier molecular flexibility index (Phi) is 3.28. The van der Waals surface area contributed by atoms with Gasteiger partial charge in [-0.05, 0) is 24.3 Å². The molecule has 0 amide bonds. The number of benzene rings is 1. The Hall–Kier alpha value is -0.360. The van der Waals surface area contributed by atoms with Gasteiger partial charge in [0.05, 0.1) is 0 Å². The smallest absolute Gasteiger partial charge is 0.263 e. The molecule has 1 atom stereocenters. The lowest BCUT2D eigenvalue weighted by Gasteiger charge is -2.01. The molecule has 0 bridgehead atoms. The number of hydrogen-bond acceptors (Lipinski definition) is 2. The zero-order chi connectivity index (χ0) is 9.14. The summed E-state index contributed by atoms with van der Waals surface area (Å²) < 4.78 is -0.695. The van der Waals surface area contributed by atoms with Crippen LogP contribution in [0.4, 0.5) is 0 Å². The van der Waals surface area contributed by atoms with Crippen LogP contribution in [-0.4, -0.2) is 4.92 Å². The van der Waals surface area contributed by atoms with E-state index in [9.17, 15) is 10.1 Å². The molecule has 0 saturated heterocycles. The molecular formula is C7H5ClINO2. The van der Waals surface area contributed by atoms with Crippen LogP contribution >= 0.6 is 34.2 Å². The van der Waals surface area contributed by atoms with Crippen molar-refractivity contribution in [2.24, 2.45) is 0 Å². The minimum atomic E-state index is -0.695. The molecule has 0 saturated carbocycles. The first kappa shape index (κ1) is 9.73. The molecular weight excluding hydrogens is 292 g/mol. The van der Waals surface area contributed by atoms with E-state index in [-0.39, 0.29) is 4.92 Å². The molecule has 1 unspecified atom stereocenters. The summed E-state index contributed by atoms with van der Waals surface area (Å²) in [5.74, 6) is 0. The standard InChI is InChI=1S/C7H5ClINO2/c8-6-3-1-5(2-4-6)7(9)10(11)12/h1-4,7H. The van der Waals surface area contributed by atoms with Gasteiger partial charge in [0, 0.05) is 38.1 Å². The molecule has 12 heavy (non-hydrogen) atoms. The van der Waals surface area contributed by atoms with Crippen molar-refractivity contribution >= 4 is 34.2 Å². The molecule has 1 aromatic rings. The van der Waals surface area contributed by atoms with Gasteiger partial charge in [-0.2, -0.15) is 0 Å². The van der Waals surface area contributed by atoms with Crippen LogP contribution < -0.4 is 0 Å². The maximum absolute atomic E-state index is 10.3. The van der Waals surface area contributed by atoms with E-state index < -0.39 is 4.05 Å². The largest absolute Gasteiger partial charge is 0.285 e. The van der Waals surface area contributed by atoms with E-state index >= 15 is 0 Å². The van der Waals surface area contributed by atoms with E-state index in [0.717, 1.165) is 0 Å².